The third kappa shape index (κ3) is 3.90. The van der Waals surface area contributed by atoms with Gasteiger partial charge in [0, 0.05) is 6.20 Å². The van der Waals surface area contributed by atoms with Crippen LogP contribution in [0.3, 0.4) is 0 Å². The molecule has 0 saturated heterocycles. The second-order valence-corrected chi connectivity index (χ2v) is 2.88. The number of methoxy groups -OCH3 is 1. The van der Waals surface area contributed by atoms with Crippen molar-refractivity contribution < 1.29 is 22.7 Å². The monoisotopic (exact) mass is 247 g/mol. The highest BCUT2D eigenvalue weighted by atomic mass is 19.4. The maximum absolute atomic E-state index is 12.2. The highest BCUT2D eigenvalue weighted by molar-refractivity contribution is 5.88. The molecule has 0 atom stereocenters. The molecular formula is C11H12F3NO2. The number of ether oxygens (including phenoxy) is 1. The summed E-state index contributed by atoms with van der Waals surface area (Å²) in [7, 11) is 1.14. The average Bonchev–Trinajstić information content (AvgIpc) is 2.29. The number of aryl methyl sites for hydroxylation is 1. The topological polar surface area (TPSA) is 39.2 Å². The average molecular weight is 247 g/mol. The van der Waals surface area contributed by atoms with Crippen molar-refractivity contribution in [2.24, 2.45) is 0 Å². The van der Waals surface area contributed by atoms with Crippen LogP contribution in [0.25, 0.3) is 0 Å². The molecule has 0 aliphatic rings. The molecule has 0 spiro atoms. The van der Waals surface area contributed by atoms with Gasteiger partial charge in [-0.15, -0.1) is 13.2 Å². The van der Waals surface area contributed by atoms with Crippen LogP contribution >= 0.6 is 0 Å². The molecule has 6 heteroatoms. The van der Waals surface area contributed by atoms with Crippen LogP contribution in [-0.2, 0) is 10.9 Å². The van der Waals surface area contributed by atoms with E-state index >= 15 is 0 Å². The normalized spacial score (nSPS) is 10.2. The molecule has 1 rings (SSSR count). The Bertz CT molecular complexity index is 402. The van der Waals surface area contributed by atoms with E-state index in [1.807, 2.05) is 0 Å². The molecule has 0 radical (unpaired) electrons. The van der Waals surface area contributed by atoms with Crippen molar-refractivity contribution in [2.75, 3.05) is 7.11 Å². The number of esters is 1. The molecule has 3 nitrogen and oxygen atoms in total. The predicted molar refractivity (Wildman–Crippen MR) is 56.6 cm³/mol. The summed E-state index contributed by atoms with van der Waals surface area (Å²) in [6.07, 6.45) is -3.84. The zero-order chi connectivity index (χ0) is 13.6. The summed E-state index contributed by atoms with van der Waals surface area (Å²) in [5.41, 5.74) is -0.852. The highest BCUT2D eigenvalue weighted by Gasteiger charge is 2.31. The Morgan fingerprint density at radius 3 is 2.29 bits per heavy atom. The molecule has 0 unspecified atom stereocenters. The Balaban J connectivity index is 0.00000121. The molecule has 0 N–H and O–H groups in total. The van der Waals surface area contributed by atoms with Crippen LogP contribution in [0.5, 0.6) is 0 Å². The molecular weight excluding hydrogens is 235 g/mol. The molecule has 0 saturated carbocycles. The van der Waals surface area contributed by atoms with E-state index in [0.717, 1.165) is 13.2 Å². The largest absolute Gasteiger partial charge is 0.464 e. The van der Waals surface area contributed by atoms with Gasteiger partial charge in [-0.2, -0.15) is 13.2 Å². The fourth-order valence-corrected chi connectivity index (χ4v) is 1.04. The SMILES string of the molecule is C=C.COC(=O)c1ncc(C(F)(F)F)cc1C. The first-order valence-corrected chi connectivity index (χ1v) is 4.48. The lowest BCUT2D eigenvalue weighted by molar-refractivity contribution is -0.137. The lowest BCUT2D eigenvalue weighted by Gasteiger charge is -2.08. The fraction of sp³-hybridized carbons (Fsp3) is 0.273. The van der Waals surface area contributed by atoms with Gasteiger partial charge in [-0.1, -0.05) is 0 Å². The maximum atomic E-state index is 12.2. The van der Waals surface area contributed by atoms with E-state index in [-0.39, 0.29) is 11.3 Å². The van der Waals surface area contributed by atoms with Gasteiger partial charge in [-0.3, -0.25) is 0 Å². The van der Waals surface area contributed by atoms with Crippen molar-refractivity contribution in [3.05, 3.63) is 42.2 Å². The van der Waals surface area contributed by atoms with Gasteiger partial charge in [0.1, 0.15) is 0 Å². The number of hydrogen-bond acceptors (Lipinski definition) is 3. The quantitative estimate of drug-likeness (QED) is 0.565. The van der Waals surface area contributed by atoms with Gasteiger partial charge in [0.25, 0.3) is 0 Å². The number of hydrogen-bond donors (Lipinski definition) is 0. The summed E-state index contributed by atoms with van der Waals surface area (Å²) in [5, 5.41) is 0. The van der Waals surface area contributed by atoms with Gasteiger partial charge in [-0.05, 0) is 18.6 Å². The Morgan fingerprint density at radius 2 is 1.94 bits per heavy atom. The van der Waals surface area contributed by atoms with Crippen molar-refractivity contribution in [1.29, 1.82) is 0 Å². The van der Waals surface area contributed by atoms with Gasteiger partial charge < -0.3 is 4.74 Å². The summed E-state index contributed by atoms with van der Waals surface area (Å²) in [6, 6.07) is 0.860. The van der Waals surface area contributed by atoms with E-state index in [2.05, 4.69) is 22.9 Å². The van der Waals surface area contributed by atoms with Gasteiger partial charge in [0.2, 0.25) is 0 Å². The molecule has 0 aliphatic carbocycles. The third-order valence-electron chi connectivity index (χ3n) is 1.78. The zero-order valence-corrected chi connectivity index (χ0v) is 9.47. The molecule has 1 heterocycles. The van der Waals surface area contributed by atoms with Crippen LogP contribution in [0, 0.1) is 6.92 Å². The number of carbonyl (C=O) groups is 1. The van der Waals surface area contributed by atoms with Gasteiger partial charge in [-0.25, -0.2) is 9.78 Å². The molecule has 17 heavy (non-hydrogen) atoms. The van der Waals surface area contributed by atoms with E-state index in [1.54, 1.807) is 0 Å². The number of halogens is 3. The number of pyridine rings is 1. The molecule has 1 aromatic heterocycles. The summed E-state index contributed by atoms with van der Waals surface area (Å²) >= 11 is 0. The molecule has 1 aromatic rings. The summed E-state index contributed by atoms with van der Waals surface area (Å²) in [6.45, 7) is 7.37. The summed E-state index contributed by atoms with van der Waals surface area (Å²) in [4.78, 5) is 14.5. The molecule has 0 amide bonds. The second-order valence-electron chi connectivity index (χ2n) is 2.88. The Hall–Kier alpha value is -1.85. The first-order chi connectivity index (χ1) is 7.86. The maximum Gasteiger partial charge on any atom is 0.417 e. The van der Waals surface area contributed by atoms with E-state index in [1.165, 1.54) is 6.92 Å². The van der Waals surface area contributed by atoms with Gasteiger partial charge in [0.15, 0.2) is 5.69 Å². The number of alkyl halides is 3. The minimum absolute atomic E-state index is 0.106. The van der Waals surface area contributed by atoms with Crippen LogP contribution < -0.4 is 0 Å². The standard InChI is InChI=1S/C9H8F3NO2.C2H4/c1-5-3-6(9(10,11)12)4-13-7(5)8(14)15-2;1-2/h3-4H,1-2H3;1-2H2. The molecule has 0 fully saturated rings. The highest BCUT2D eigenvalue weighted by Crippen LogP contribution is 2.29. The summed E-state index contributed by atoms with van der Waals surface area (Å²) in [5.74, 6) is -0.749. The first kappa shape index (κ1) is 15.2. The minimum Gasteiger partial charge on any atom is -0.464 e. The second kappa shape index (κ2) is 6.03. The minimum atomic E-state index is -4.45. The van der Waals surface area contributed by atoms with Gasteiger partial charge in [0.05, 0.1) is 12.7 Å². The van der Waals surface area contributed by atoms with Crippen molar-refractivity contribution in [3.8, 4) is 0 Å². The smallest absolute Gasteiger partial charge is 0.417 e. The Labute approximate surface area is 96.9 Å². The lowest BCUT2D eigenvalue weighted by atomic mass is 10.1. The molecule has 0 aromatic carbocycles. The summed E-state index contributed by atoms with van der Waals surface area (Å²) < 4.78 is 41.0. The zero-order valence-electron chi connectivity index (χ0n) is 9.47. The first-order valence-electron chi connectivity index (χ1n) is 4.48. The van der Waals surface area contributed by atoms with E-state index < -0.39 is 17.7 Å². The lowest BCUT2D eigenvalue weighted by Crippen LogP contribution is -2.11. The number of nitrogens with zero attached hydrogens (tertiary/aromatic N) is 1. The van der Waals surface area contributed by atoms with E-state index in [0.29, 0.717) is 6.20 Å². The Morgan fingerprint density at radius 1 is 1.41 bits per heavy atom. The van der Waals surface area contributed by atoms with Gasteiger partial charge >= 0.3 is 12.1 Å². The number of aromatic nitrogens is 1. The van der Waals surface area contributed by atoms with Crippen molar-refractivity contribution in [2.45, 2.75) is 13.1 Å². The van der Waals surface area contributed by atoms with Crippen LogP contribution in [0.4, 0.5) is 13.2 Å². The Kier molecular flexibility index (Phi) is 5.37. The molecule has 0 bridgehead atoms. The van der Waals surface area contributed by atoms with Crippen LogP contribution in [-0.4, -0.2) is 18.1 Å². The van der Waals surface area contributed by atoms with Crippen LogP contribution in [0.1, 0.15) is 21.6 Å². The van der Waals surface area contributed by atoms with Crippen molar-refractivity contribution in [3.63, 3.8) is 0 Å². The molecule has 0 aliphatic heterocycles. The van der Waals surface area contributed by atoms with Crippen LogP contribution in [0.2, 0.25) is 0 Å². The van der Waals surface area contributed by atoms with Crippen LogP contribution in [0.15, 0.2) is 25.4 Å². The molecule has 94 valence electrons. The number of carbonyl (C=O) groups excluding carboxylic acids is 1. The predicted octanol–water partition coefficient (Wildman–Crippen LogP) is 3.00. The fourth-order valence-electron chi connectivity index (χ4n) is 1.04. The third-order valence-corrected chi connectivity index (χ3v) is 1.78. The van der Waals surface area contributed by atoms with Crippen molar-refractivity contribution in [1.82, 2.24) is 4.98 Å². The van der Waals surface area contributed by atoms with E-state index in [4.69, 9.17) is 0 Å². The van der Waals surface area contributed by atoms with E-state index in [9.17, 15) is 18.0 Å². The number of rotatable bonds is 1. The van der Waals surface area contributed by atoms with Crippen molar-refractivity contribution >= 4 is 5.97 Å².